The summed E-state index contributed by atoms with van der Waals surface area (Å²) in [5.74, 6) is -1.06. The van der Waals surface area contributed by atoms with Gasteiger partial charge in [0.05, 0.1) is 5.75 Å². The van der Waals surface area contributed by atoms with Gasteiger partial charge in [-0.3, -0.25) is 9.59 Å². The van der Waals surface area contributed by atoms with Crippen LogP contribution in [0.15, 0.2) is 35.5 Å². The first kappa shape index (κ1) is 20.3. The Hall–Kier alpha value is -2.39. The van der Waals surface area contributed by atoms with Gasteiger partial charge in [0.25, 0.3) is 5.91 Å². The van der Waals surface area contributed by atoms with Crippen molar-refractivity contribution in [2.75, 3.05) is 30.3 Å². The number of hydrogen-bond acceptors (Lipinski definition) is 6. The van der Waals surface area contributed by atoms with E-state index in [0.29, 0.717) is 36.2 Å². The third-order valence-corrected chi connectivity index (χ3v) is 5.31. The third-order valence-electron chi connectivity index (χ3n) is 4.29. The zero-order chi connectivity index (χ0) is 20.3. The van der Waals surface area contributed by atoms with Gasteiger partial charge in [0, 0.05) is 37.3 Å². The van der Waals surface area contributed by atoms with Crippen LogP contribution in [-0.4, -0.2) is 63.3 Å². The number of hydrogen-bond donors (Lipinski definition) is 1. The first-order chi connectivity index (χ1) is 13.3. The largest absolute Gasteiger partial charge is 0.481 e. The number of carboxylic acid groups (broad SMARTS) is 1. The number of halogens is 2. The number of piperazine rings is 1. The standard InChI is InChI=1S/C18H18ClFN4O3S/c1-11-9-23(15-8-14(19)21-18(22-15)28-10-16(25)26)6-7-24(11)17(27)12-2-4-13(20)5-3-12/h2-5,8,11H,6-7,9-10H2,1H3,(H,25,26). The van der Waals surface area contributed by atoms with Crippen LogP contribution in [0.4, 0.5) is 10.2 Å². The smallest absolute Gasteiger partial charge is 0.313 e. The second-order valence-electron chi connectivity index (χ2n) is 6.31. The Morgan fingerprint density at radius 2 is 2.00 bits per heavy atom. The average Bonchev–Trinajstić information content (AvgIpc) is 2.66. The molecule has 1 aliphatic rings. The summed E-state index contributed by atoms with van der Waals surface area (Å²) < 4.78 is 13.1. The molecule has 10 heteroatoms. The molecule has 28 heavy (non-hydrogen) atoms. The van der Waals surface area contributed by atoms with Crippen molar-refractivity contribution in [2.24, 2.45) is 0 Å². The molecule has 1 aromatic carbocycles. The van der Waals surface area contributed by atoms with E-state index in [2.05, 4.69) is 9.97 Å². The first-order valence-corrected chi connectivity index (χ1v) is 9.90. The van der Waals surface area contributed by atoms with Crippen LogP contribution in [0, 0.1) is 5.82 Å². The van der Waals surface area contributed by atoms with E-state index in [1.54, 1.807) is 11.0 Å². The van der Waals surface area contributed by atoms with Gasteiger partial charge >= 0.3 is 5.97 Å². The Bertz CT molecular complexity index is 884. The minimum atomic E-state index is -0.961. The molecular formula is C18H18ClFN4O3S. The lowest BCUT2D eigenvalue weighted by atomic mass is 10.1. The molecule has 1 atom stereocenters. The van der Waals surface area contributed by atoms with Gasteiger partial charge in [0.15, 0.2) is 5.16 Å². The maximum Gasteiger partial charge on any atom is 0.313 e. The summed E-state index contributed by atoms with van der Waals surface area (Å²) in [4.78, 5) is 35.6. The molecule has 1 saturated heterocycles. The number of carboxylic acids is 1. The fourth-order valence-electron chi connectivity index (χ4n) is 2.96. The van der Waals surface area contributed by atoms with Gasteiger partial charge in [-0.25, -0.2) is 14.4 Å². The van der Waals surface area contributed by atoms with Gasteiger partial charge < -0.3 is 14.9 Å². The summed E-state index contributed by atoms with van der Waals surface area (Å²) in [6.07, 6.45) is 0. The summed E-state index contributed by atoms with van der Waals surface area (Å²) >= 11 is 7.06. The molecule has 3 rings (SSSR count). The van der Waals surface area contributed by atoms with Gasteiger partial charge in [-0.15, -0.1) is 0 Å². The normalized spacial score (nSPS) is 16.9. The van der Waals surface area contributed by atoms with Crippen LogP contribution in [0.3, 0.4) is 0 Å². The molecule has 2 heterocycles. The first-order valence-electron chi connectivity index (χ1n) is 8.54. The number of benzene rings is 1. The van der Waals surface area contributed by atoms with Crippen LogP contribution in [0.25, 0.3) is 0 Å². The Morgan fingerprint density at radius 3 is 2.64 bits per heavy atom. The van der Waals surface area contributed by atoms with Crippen LogP contribution >= 0.6 is 23.4 Å². The molecule has 0 radical (unpaired) electrons. The number of amides is 1. The van der Waals surface area contributed by atoms with E-state index in [1.807, 2.05) is 11.8 Å². The molecule has 0 saturated carbocycles. The Labute approximate surface area is 170 Å². The summed E-state index contributed by atoms with van der Waals surface area (Å²) in [6, 6.07) is 7.02. The van der Waals surface area contributed by atoms with E-state index in [1.165, 1.54) is 24.3 Å². The molecule has 1 amide bonds. The number of aliphatic carboxylic acids is 1. The van der Waals surface area contributed by atoms with Crippen molar-refractivity contribution in [1.82, 2.24) is 14.9 Å². The highest BCUT2D eigenvalue weighted by molar-refractivity contribution is 7.99. The molecule has 1 N–H and O–H groups in total. The number of rotatable bonds is 5. The molecular weight excluding hydrogens is 407 g/mol. The van der Waals surface area contributed by atoms with Crippen LogP contribution in [-0.2, 0) is 4.79 Å². The molecule has 1 aliphatic heterocycles. The molecule has 148 valence electrons. The zero-order valence-electron chi connectivity index (χ0n) is 15.0. The average molecular weight is 425 g/mol. The molecule has 0 bridgehead atoms. The fraction of sp³-hybridized carbons (Fsp3) is 0.333. The number of nitrogens with zero attached hydrogens (tertiary/aromatic N) is 4. The minimum absolute atomic E-state index is 0.102. The lowest BCUT2D eigenvalue weighted by Crippen LogP contribution is -2.54. The zero-order valence-corrected chi connectivity index (χ0v) is 16.6. The van der Waals surface area contributed by atoms with Crippen molar-refractivity contribution in [2.45, 2.75) is 18.1 Å². The van der Waals surface area contributed by atoms with E-state index in [0.717, 1.165) is 11.8 Å². The fourth-order valence-corrected chi connectivity index (χ4v) is 3.77. The van der Waals surface area contributed by atoms with Gasteiger partial charge in [-0.05, 0) is 31.2 Å². The summed E-state index contributed by atoms with van der Waals surface area (Å²) in [5, 5.41) is 9.33. The molecule has 2 aromatic rings. The molecule has 1 aromatic heterocycles. The lowest BCUT2D eigenvalue weighted by Gasteiger charge is -2.40. The Morgan fingerprint density at radius 1 is 1.29 bits per heavy atom. The van der Waals surface area contributed by atoms with Crippen LogP contribution in [0.2, 0.25) is 5.15 Å². The van der Waals surface area contributed by atoms with Crippen molar-refractivity contribution in [3.05, 3.63) is 46.9 Å². The summed E-state index contributed by atoms with van der Waals surface area (Å²) in [7, 11) is 0. The van der Waals surface area contributed by atoms with Crippen molar-refractivity contribution in [3.8, 4) is 0 Å². The minimum Gasteiger partial charge on any atom is -0.481 e. The molecule has 1 unspecified atom stereocenters. The number of aromatic nitrogens is 2. The predicted molar refractivity (Wildman–Crippen MR) is 105 cm³/mol. The van der Waals surface area contributed by atoms with Gasteiger partial charge in [0.2, 0.25) is 0 Å². The number of thioether (sulfide) groups is 1. The van der Waals surface area contributed by atoms with Gasteiger partial charge in [-0.1, -0.05) is 23.4 Å². The topological polar surface area (TPSA) is 86.6 Å². The van der Waals surface area contributed by atoms with Crippen LogP contribution in [0.5, 0.6) is 0 Å². The van der Waals surface area contributed by atoms with Gasteiger partial charge in [0.1, 0.15) is 16.8 Å². The van der Waals surface area contributed by atoms with Crippen molar-refractivity contribution >= 4 is 41.1 Å². The third kappa shape index (κ3) is 4.90. The van der Waals surface area contributed by atoms with Crippen LogP contribution in [0.1, 0.15) is 17.3 Å². The maximum atomic E-state index is 13.1. The SMILES string of the molecule is CC1CN(c2cc(Cl)nc(SCC(=O)O)n2)CCN1C(=O)c1ccc(F)cc1. The van der Waals surface area contributed by atoms with Gasteiger partial charge in [-0.2, -0.15) is 0 Å². The van der Waals surface area contributed by atoms with E-state index in [4.69, 9.17) is 16.7 Å². The van der Waals surface area contributed by atoms with Crippen LogP contribution < -0.4 is 4.90 Å². The molecule has 7 nitrogen and oxygen atoms in total. The van der Waals surface area contributed by atoms with Crippen molar-refractivity contribution < 1.29 is 19.1 Å². The molecule has 1 fully saturated rings. The highest BCUT2D eigenvalue weighted by atomic mass is 35.5. The molecule has 0 aliphatic carbocycles. The number of anilines is 1. The second kappa shape index (κ2) is 8.74. The van der Waals surface area contributed by atoms with Crippen molar-refractivity contribution in [3.63, 3.8) is 0 Å². The Kier molecular flexibility index (Phi) is 6.35. The monoisotopic (exact) mass is 424 g/mol. The lowest BCUT2D eigenvalue weighted by molar-refractivity contribution is -0.133. The number of carbonyl (C=O) groups is 2. The number of carbonyl (C=O) groups excluding carboxylic acids is 1. The highest BCUT2D eigenvalue weighted by Crippen LogP contribution is 2.24. The van der Waals surface area contributed by atoms with E-state index >= 15 is 0 Å². The van der Waals surface area contributed by atoms with Crippen molar-refractivity contribution in [1.29, 1.82) is 0 Å². The summed E-state index contributed by atoms with van der Waals surface area (Å²) in [5.41, 5.74) is 0.444. The van der Waals surface area contributed by atoms with E-state index in [9.17, 15) is 14.0 Å². The van der Waals surface area contributed by atoms with E-state index in [-0.39, 0.29) is 28.7 Å². The highest BCUT2D eigenvalue weighted by Gasteiger charge is 2.29. The predicted octanol–water partition coefficient (Wildman–Crippen LogP) is 2.80. The quantitative estimate of drug-likeness (QED) is 0.448. The maximum absolute atomic E-state index is 13.1. The second-order valence-corrected chi connectivity index (χ2v) is 7.64. The Balaban J connectivity index is 1.70. The summed E-state index contributed by atoms with van der Waals surface area (Å²) in [6.45, 7) is 3.46. The van der Waals surface area contributed by atoms with E-state index < -0.39 is 5.97 Å². The molecule has 0 spiro atoms.